The largest absolute Gasteiger partial charge is 0.350 e. The maximum Gasteiger partial charge on any atom is 0.179 e. The van der Waals surface area contributed by atoms with Crippen molar-refractivity contribution >= 4 is 12.1 Å². The summed E-state index contributed by atoms with van der Waals surface area (Å²) >= 11 is 0. The van der Waals surface area contributed by atoms with Crippen molar-refractivity contribution in [1.82, 2.24) is 15.0 Å². The van der Waals surface area contributed by atoms with Crippen LogP contribution >= 0.6 is 0 Å². The van der Waals surface area contributed by atoms with E-state index >= 15 is 0 Å². The van der Waals surface area contributed by atoms with Crippen LogP contribution in [0, 0.1) is 13.8 Å². The smallest absolute Gasteiger partial charge is 0.179 e. The minimum absolute atomic E-state index is 0.00177. The first-order chi connectivity index (χ1) is 8.58. The van der Waals surface area contributed by atoms with Gasteiger partial charge in [0.25, 0.3) is 0 Å². The van der Waals surface area contributed by atoms with Crippen LogP contribution in [0.5, 0.6) is 0 Å². The van der Waals surface area contributed by atoms with E-state index in [4.69, 9.17) is 0 Å². The van der Waals surface area contributed by atoms with Gasteiger partial charge in [0.1, 0.15) is 5.82 Å². The van der Waals surface area contributed by atoms with Crippen molar-refractivity contribution in [3.63, 3.8) is 0 Å². The van der Waals surface area contributed by atoms with E-state index in [2.05, 4.69) is 15.0 Å². The normalized spacial score (nSPS) is 10.6. The molecule has 0 aliphatic heterocycles. The van der Waals surface area contributed by atoms with E-state index in [1.807, 2.05) is 6.92 Å². The maximum atomic E-state index is 11.8. The summed E-state index contributed by atoms with van der Waals surface area (Å²) in [6, 6.07) is 0. The lowest BCUT2D eigenvalue weighted by Crippen LogP contribution is -1.99. The van der Waals surface area contributed by atoms with Gasteiger partial charge in [-0.15, -0.1) is 0 Å². The standard InChI is InChI=1S/C13H15N3O2/c1-4-11(18)12-7(2)9(6-17)13(16-12)10-5-14-8(3)15-10/h5-6,16H,4H2,1-3H3,(H,14,15). The summed E-state index contributed by atoms with van der Waals surface area (Å²) < 4.78 is 0. The zero-order valence-corrected chi connectivity index (χ0v) is 10.6. The lowest BCUT2D eigenvalue weighted by Gasteiger charge is -1.94. The Morgan fingerprint density at radius 1 is 1.39 bits per heavy atom. The fraction of sp³-hybridized carbons (Fsp3) is 0.308. The van der Waals surface area contributed by atoms with Crippen molar-refractivity contribution in [3.05, 3.63) is 28.8 Å². The number of hydrogen-bond donors (Lipinski definition) is 2. The lowest BCUT2D eigenvalue weighted by molar-refractivity contribution is 0.0983. The number of aromatic nitrogens is 3. The first-order valence-corrected chi connectivity index (χ1v) is 5.81. The molecule has 0 amide bonds. The van der Waals surface area contributed by atoms with Crippen LogP contribution in [0.2, 0.25) is 0 Å². The Kier molecular flexibility index (Phi) is 3.14. The van der Waals surface area contributed by atoms with E-state index in [1.165, 1.54) is 0 Å². The SMILES string of the molecule is CCC(=O)c1[nH]c(-c2cnc(C)[nH]2)c(C=O)c1C. The van der Waals surface area contributed by atoms with Gasteiger partial charge in [-0.25, -0.2) is 4.98 Å². The summed E-state index contributed by atoms with van der Waals surface area (Å²) in [4.78, 5) is 33.1. The number of carbonyl (C=O) groups excluding carboxylic acids is 2. The average Bonchev–Trinajstić information content (AvgIpc) is 2.92. The number of aryl methyl sites for hydroxylation is 1. The van der Waals surface area contributed by atoms with E-state index in [-0.39, 0.29) is 5.78 Å². The molecular formula is C13H15N3O2. The van der Waals surface area contributed by atoms with Crippen molar-refractivity contribution < 1.29 is 9.59 Å². The first-order valence-electron chi connectivity index (χ1n) is 5.81. The minimum atomic E-state index is -0.00177. The monoisotopic (exact) mass is 245 g/mol. The number of H-pyrrole nitrogens is 2. The molecule has 0 radical (unpaired) electrons. The van der Waals surface area contributed by atoms with E-state index in [9.17, 15) is 9.59 Å². The average molecular weight is 245 g/mol. The second-order valence-corrected chi connectivity index (χ2v) is 4.19. The highest BCUT2D eigenvalue weighted by Crippen LogP contribution is 2.26. The van der Waals surface area contributed by atoms with Gasteiger partial charge in [0, 0.05) is 12.0 Å². The number of rotatable bonds is 4. The second kappa shape index (κ2) is 4.60. The summed E-state index contributed by atoms with van der Waals surface area (Å²) in [5, 5.41) is 0. The number of aldehydes is 1. The Hall–Kier alpha value is -2.17. The molecular weight excluding hydrogens is 230 g/mol. The molecule has 5 heteroatoms. The molecule has 5 nitrogen and oxygen atoms in total. The molecule has 0 unspecified atom stereocenters. The number of aromatic amines is 2. The fourth-order valence-corrected chi connectivity index (χ4v) is 1.97. The van der Waals surface area contributed by atoms with Crippen LogP contribution in [-0.4, -0.2) is 27.0 Å². The Morgan fingerprint density at radius 2 is 2.11 bits per heavy atom. The Morgan fingerprint density at radius 3 is 2.61 bits per heavy atom. The van der Waals surface area contributed by atoms with Crippen molar-refractivity contribution in [1.29, 1.82) is 0 Å². The predicted molar refractivity (Wildman–Crippen MR) is 67.9 cm³/mol. The molecule has 0 saturated carbocycles. The Labute approximate surface area is 105 Å². The number of nitrogens with one attached hydrogen (secondary N) is 2. The predicted octanol–water partition coefficient (Wildman–Crippen LogP) is 2.43. The molecule has 2 N–H and O–H groups in total. The third kappa shape index (κ3) is 1.88. The zero-order chi connectivity index (χ0) is 13.3. The van der Waals surface area contributed by atoms with Crippen LogP contribution in [0.3, 0.4) is 0 Å². The maximum absolute atomic E-state index is 11.8. The molecule has 0 spiro atoms. The number of hydrogen-bond acceptors (Lipinski definition) is 3. The van der Waals surface area contributed by atoms with Gasteiger partial charge in [-0.2, -0.15) is 0 Å². The fourth-order valence-electron chi connectivity index (χ4n) is 1.97. The van der Waals surface area contributed by atoms with E-state index in [0.717, 1.165) is 12.1 Å². The summed E-state index contributed by atoms with van der Waals surface area (Å²) in [5.41, 5.74) is 3.05. The molecule has 2 rings (SSSR count). The second-order valence-electron chi connectivity index (χ2n) is 4.19. The summed E-state index contributed by atoms with van der Waals surface area (Å²) in [5.74, 6) is 0.760. The molecule has 2 aromatic rings. The number of imidazole rings is 1. The van der Waals surface area contributed by atoms with Gasteiger partial charge in [0.2, 0.25) is 0 Å². The number of Topliss-reactive ketones (excluding diaryl/α,β-unsaturated/α-hetero) is 1. The highest BCUT2D eigenvalue weighted by molar-refractivity contribution is 6.00. The van der Waals surface area contributed by atoms with Gasteiger partial charge in [-0.05, 0) is 19.4 Å². The van der Waals surface area contributed by atoms with Gasteiger partial charge >= 0.3 is 0 Å². The minimum Gasteiger partial charge on any atom is -0.350 e. The van der Waals surface area contributed by atoms with Gasteiger partial charge in [-0.1, -0.05) is 6.92 Å². The quantitative estimate of drug-likeness (QED) is 0.641. The first kappa shape index (κ1) is 12.3. The molecule has 0 aliphatic rings. The van der Waals surface area contributed by atoms with Crippen molar-refractivity contribution in [2.24, 2.45) is 0 Å². The molecule has 94 valence electrons. The van der Waals surface area contributed by atoms with Crippen LogP contribution in [-0.2, 0) is 0 Å². The van der Waals surface area contributed by atoms with E-state index in [0.29, 0.717) is 34.6 Å². The zero-order valence-electron chi connectivity index (χ0n) is 10.6. The van der Waals surface area contributed by atoms with Crippen LogP contribution in [0.1, 0.15) is 45.6 Å². The van der Waals surface area contributed by atoms with Crippen LogP contribution < -0.4 is 0 Å². The molecule has 0 fully saturated rings. The third-order valence-corrected chi connectivity index (χ3v) is 2.99. The van der Waals surface area contributed by atoms with Crippen molar-refractivity contribution in [3.8, 4) is 11.4 Å². The van der Waals surface area contributed by atoms with Crippen molar-refractivity contribution in [2.45, 2.75) is 27.2 Å². The molecule has 2 heterocycles. The Balaban J connectivity index is 2.61. The van der Waals surface area contributed by atoms with Gasteiger partial charge in [0.05, 0.1) is 23.3 Å². The summed E-state index contributed by atoms with van der Waals surface area (Å²) in [6.07, 6.45) is 2.82. The highest BCUT2D eigenvalue weighted by Gasteiger charge is 2.19. The number of ketones is 1. The molecule has 0 bridgehead atoms. The summed E-state index contributed by atoms with van der Waals surface area (Å²) in [7, 11) is 0. The highest BCUT2D eigenvalue weighted by atomic mass is 16.1. The number of nitrogens with zero attached hydrogens (tertiary/aromatic N) is 1. The lowest BCUT2D eigenvalue weighted by atomic mass is 10.1. The molecule has 2 aromatic heterocycles. The molecule has 0 saturated heterocycles. The molecule has 18 heavy (non-hydrogen) atoms. The number of carbonyl (C=O) groups is 2. The van der Waals surface area contributed by atoms with Crippen LogP contribution in [0.4, 0.5) is 0 Å². The van der Waals surface area contributed by atoms with Crippen LogP contribution in [0.15, 0.2) is 6.20 Å². The topological polar surface area (TPSA) is 78.6 Å². The van der Waals surface area contributed by atoms with Gasteiger partial charge in [0.15, 0.2) is 12.1 Å². The summed E-state index contributed by atoms with van der Waals surface area (Å²) in [6.45, 7) is 5.40. The Bertz CT molecular complexity index is 608. The van der Waals surface area contributed by atoms with E-state index < -0.39 is 0 Å². The van der Waals surface area contributed by atoms with Gasteiger partial charge in [-0.3, -0.25) is 9.59 Å². The van der Waals surface area contributed by atoms with E-state index in [1.54, 1.807) is 20.0 Å². The van der Waals surface area contributed by atoms with Crippen LogP contribution in [0.25, 0.3) is 11.4 Å². The molecule has 0 atom stereocenters. The van der Waals surface area contributed by atoms with Crippen molar-refractivity contribution in [2.75, 3.05) is 0 Å². The molecule has 0 aromatic carbocycles. The molecule has 0 aliphatic carbocycles. The van der Waals surface area contributed by atoms with Gasteiger partial charge < -0.3 is 9.97 Å². The third-order valence-electron chi connectivity index (χ3n) is 2.99.